The van der Waals surface area contributed by atoms with Gasteiger partial charge in [-0.1, -0.05) is 24.1 Å². The molecule has 0 unspecified atom stereocenters. The summed E-state index contributed by atoms with van der Waals surface area (Å²) in [4.78, 5) is 4.49. The molecule has 0 aliphatic carbocycles. The number of hydrogen-bond acceptors (Lipinski definition) is 5. The van der Waals surface area contributed by atoms with Gasteiger partial charge in [-0.25, -0.2) is 4.98 Å². The zero-order chi connectivity index (χ0) is 17.9. The molecular formula is C20H19N5O. The Kier molecular flexibility index (Phi) is 4.36. The predicted octanol–water partition coefficient (Wildman–Crippen LogP) is 4.03. The van der Waals surface area contributed by atoms with Crippen LogP contribution in [-0.4, -0.2) is 19.7 Å². The number of aromatic nitrogens is 4. The lowest BCUT2D eigenvalue weighted by molar-refractivity contribution is 0.574. The number of nitrogens with zero attached hydrogens (tertiary/aromatic N) is 5. The van der Waals surface area contributed by atoms with Crippen LogP contribution in [0.25, 0.3) is 23.1 Å². The van der Waals surface area contributed by atoms with E-state index >= 15 is 0 Å². The third-order valence-electron chi connectivity index (χ3n) is 4.58. The third kappa shape index (κ3) is 3.16. The van der Waals surface area contributed by atoms with Gasteiger partial charge in [0.2, 0.25) is 5.89 Å². The third-order valence-corrected chi connectivity index (χ3v) is 4.58. The van der Waals surface area contributed by atoms with E-state index in [0.717, 1.165) is 37.2 Å². The fraction of sp³-hybridized carbons (Fsp3) is 0.300. The van der Waals surface area contributed by atoms with Crippen LogP contribution in [-0.2, 0) is 13.0 Å². The molecule has 0 saturated carbocycles. The van der Waals surface area contributed by atoms with Crippen molar-refractivity contribution in [2.24, 2.45) is 0 Å². The first-order chi connectivity index (χ1) is 12.7. The van der Waals surface area contributed by atoms with Gasteiger partial charge < -0.3 is 8.98 Å². The second kappa shape index (κ2) is 6.96. The minimum absolute atomic E-state index is 0.453. The summed E-state index contributed by atoms with van der Waals surface area (Å²) in [6.45, 7) is 2.89. The molecule has 3 heterocycles. The van der Waals surface area contributed by atoms with Gasteiger partial charge in [-0.15, -0.1) is 10.2 Å². The lowest BCUT2D eigenvalue weighted by atomic mass is 10.1. The van der Waals surface area contributed by atoms with Gasteiger partial charge in [0.25, 0.3) is 0 Å². The minimum atomic E-state index is 0.453. The lowest BCUT2D eigenvalue weighted by Crippen LogP contribution is -2.05. The molecule has 1 aliphatic heterocycles. The molecule has 130 valence electrons. The van der Waals surface area contributed by atoms with Crippen LogP contribution >= 0.6 is 0 Å². The van der Waals surface area contributed by atoms with E-state index in [0.29, 0.717) is 23.0 Å². The van der Waals surface area contributed by atoms with Crippen molar-refractivity contribution in [1.82, 2.24) is 19.7 Å². The highest BCUT2D eigenvalue weighted by Gasteiger charge is 2.18. The molecule has 0 amide bonds. The quantitative estimate of drug-likeness (QED) is 0.669. The Bertz CT molecular complexity index is 988. The van der Waals surface area contributed by atoms with Crippen molar-refractivity contribution in [2.45, 2.75) is 39.2 Å². The molecule has 6 heteroatoms. The Labute approximate surface area is 151 Å². The largest absolute Gasteiger partial charge is 0.444 e. The molecule has 0 fully saturated rings. The number of rotatable bonds is 3. The fourth-order valence-corrected chi connectivity index (χ4v) is 3.16. The normalized spacial score (nSPS) is 14.5. The topological polar surface area (TPSA) is 80.5 Å². The van der Waals surface area contributed by atoms with E-state index in [9.17, 15) is 5.26 Å². The Hall–Kier alpha value is -3.20. The molecule has 1 aliphatic rings. The second-order valence-electron chi connectivity index (χ2n) is 6.52. The first kappa shape index (κ1) is 16.3. The summed E-state index contributed by atoms with van der Waals surface area (Å²) < 4.78 is 7.64. The van der Waals surface area contributed by atoms with Crippen LogP contribution < -0.4 is 0 Å². The van der Waals surface area contributed by atoms with Crippen LogP contribution in [0.5, 0.6) is 0 Å². The first-order valence-electron chi connectivity index (χ1n) is 8.81. The molecule has 4 rings (SSSR count). The zero-order valence-electron chi connectivity index (χ0n) is 14.6. The maximum absolute atomic E-state index is 9.63. The minimum Gasteiger partial charge on any atom is -0.444 e. The van der Waals surface area contributed by atoms with Gasteiger partial charge in [-0.3, -0.25) is 0 Å². The molecule has 26 heavy (non-hydrogen) atoms. The molecular weight excluding hydrogens is 326 g/mol. The van der Waals surface area contributed by atoms with Gasteiger partial charge in [-0.05, 0) is 38.0 Å². The van der Waals surface area contributed by atoms with Crippen molar-refractivity contribution in [3.05, 3.63) is 53.4 Å². The maximum Gasteiger partial charge on any atom is 0.226 e. The molecule has 0 spiro atoms. The first-order valence-corrected chi connectivity index (χ1v) is 8.81. The average molecular weight is 345 g/mol. The van der Waals surface area contributed by atoms with Crippen molar-refractivity contribution < 1.29 is 4.42 Å². The number of allylic oxidation sites excluding steroid dienone is 1. The van der Waals surface area contributed by atoms with Crippen LogP contribution in [0.1, 0.15) is 42.2 Å². The summed E-state index contributed by atoms with van der Waals surface area (Å²) in [5.74, 6) is 2.11. The van der Waals surface area contributed by atoms with Crippen LogP contribution in [0.2, 0.25) is 0 Å². The Morgan fingerprint density at radius 2 is 2.04 bits per heavy atom. The van der Waals surface area contributed by atoms with Crippen molar-refractivity contribution in [3.8, 4) is 17.5 Å². The van der Waals surface area contributed by atoms with Crippen LogP contribution in [0.4, 0.5) is 0 Å². The van der Waals surface area contributed by atoms with Crippen molar-refractivity contribution >= 4 is 11.6 Å². The van der Waals surface area contributed by atoms with Crippen molar-refractivity contribution in [3.63, 3.8) is 0 Å². The van der Waals surface area contributed by atoms with E-state index in [2.05, 4.69) is 25.8 Å². The summed E-state index contributed by atoms with van der Waals surface area (Å²) in [6, 6.07) is 10.2. The van der Waals surface area contributed by atoms with Crippen LogP contribution in [0.3, 0.4) is 0 Å². The number of aryl methyl sites for hydroxylation is 2. The van der Waals surface area contributed by atoms with E-state index in [4.69, 9.17) is 4.42 Å². The molecule has 0 N–H and O–H groups in total. The predicted molar refractivity (Wildman–Crippen MR) is 97.7 cm³/mol. The Balaban J connectivity index is 1.66. The summed E-state index contributed by atoms with van der Waals surface area (Å²) in [5.41, 5.74) is 3.14. The highest BCUT2D eigenvalue weighted by molar-refractivity contribution is 5.86. The molecule has 0 bridgehead atoms. The van der Waals surface area contributed by atoms with Crippen molar-refractivity contribution in [2.75, 3.05) is 0 Å². The van der Waals surface area contributed by atoms with Crippen molar-refractivity contribution in [1.29, 1.82) is 5.26 Å². The fourth-order valence-electron chi connectivity index (χ4n) is 3.16. The number of hydrogen-bond donors (Lipinski definition) is 0. The standard InChI is InChI=1S/C20H19N5O/c1-14-6-8-15(9-7-14)20-22-17(13-26-20)11-16(12-21)19-24-23-18-5-3-2-4-10-25(18)19/h6-9,11,13H,2-5,10H2,1H3/b16-11-. The molecule has 1 aromatic carbocycles. The Morgan fingerprint density at radius 3 is 2.85 bits per heavy atom. The second-order valence-corrected chi connectivity index (χ2v) is 6.52. The van der Waals surface area contributed by atoms with Gasteiger partial charge in [0.15, 0.2) is 5.82 Å². The lowest BCUT2D eigenvalue weighted by Gasteiger charge is -2.05. The smallest absolute Gasteiger partial charge is 0.226 e. The molecule has 0 atom stereocenters. The molecule has 2 aromatic heterocycles. The van der Waals surface area contributed by atoms with Crippen LogP contribution in [0, 0.1) is 18.3 Å². The summed E-state index contributed by atoms with van der Waals surface area (Å²) in [7, 11) is 0. The van der Waals surface area contributed by atoms with Gasteiger partial charge >= 0.3 is 0 Å². The number of benzene rings is 1. The van der Waals surface area contributed by atoms with E-state index in [1.54, 1.807) is 12.3 Å². The number of nitriles is 1. The average Bonchev–Trinajstić information content (AvgIpc) is 3.21. The monoisotopic (exact) mass is 345 g/mol. The van der Waals surface area contributed by atoms with Gasteiger partial charge in [0.1, 0.15) is 23.9 Å². The van der Waals surface area contributed by atoms with E-state index in [1.165, 1.54) is 12.0 Å². The highest BCUT2D eigenvalue weighted by Crippen LogP contribution is 2.23. The Morgan fingerprint density at radius 1 is 1.19 bits per heavy atom. The number of fused-ring (bicyclic) bond motifs is 1. The SMILES string of the molecule is Cc1ccc(-c2nc(/C=C(/C#N)c3nnc4n3CCCCC4)co2)cc1. The molecule has 6 nitrogen and oxygen atoms in total. The maximum atomic E-state index is 9.63. The molecule has 0 saturated heterocycles. The molecule has 3 aromatic rings. The summed E-state index contributed by atoms with van der Waals surface area (Å²) in [5, 5.41) is 18.1. The summed E-state index contributed by atoms with van der Waals surface area (Å²) >= 11 is 0. The zero-order valence-corrected chi connectivity index (χ0v) is 14.6. The van der Waals surface area contributed by atoms with Gasteiger partial charge in [0, 0.05) is 18.5 Å². The van der Waals surface area contributed by atoms with E-state index < -0.39 is 0 Å². The van der Waals surface area contributed by atoms with Gasteiger partial charge in [-0.2, -0.15) is 5.26 Å². The van der Waals surface area contributed by atoms with E-state index in [1.807, 2.05) is 31.2 Å². The molecule has 0 radical (unpaired) electrons. The van der Waals surface area contributed by atoms with Gasteiger partial charge in [0.05, 0.1) is 5.57 Å². The van der Waals surface area contributed by atoms with Crippen LogP contribution in [0.15, 0.2) is 34.9 Å². The highest BCUT2D eigenvalue weighted by atomic mass is 16.3. The number of oxazole rings is 1. The van der Waals surface area contributed by atoms with E-state index in [-0.39, 0.29) is 0 Å². The summed E-state index contributed by atoms with van der Waals surface area (Å²) in [6.07, 6.45) is 7.56.